The van der Waals surface area contributed by atoms with E-state index in [1.165, 1.54) is 23.2 Å². The lowest BCUT2D eigenvalue weighted by atomic mass is 9.90. The fourth-order valence-electron chi connectivity index (χ4n) is 4.31. The average Bonchev–Trinajstić information content (AvgIpc) is 3.17. The standard InChI is InChI=1S/C20H24N6O2/c1-24-18(10-19(27)25(2)20(24)28)26-9-8-14(12-26)23-17-5-3-4-16-15(17)7-6-13(11-21)22-16/h6-7,10,14,17,23H,3-5,8-9,12H2,1-2H3/t14-,17?/m0/s1. The zero-order valence-electron chi connectivity index (χ0n) is 16.2. The lowest BCUT2D eigenvalue weighted by Gasteiger charge is -2.29. The summed E-state index contributed by atoms with van der Waals surface area (Å²) in [7, 11) is 3.20. The van der Waals surface area contributed by atoms with Gasteiger partial charge in [-0.15, -0.1) is 0 Å². The summed E-state index contributed by atoms with van der Waals surface area (Å²) in [5.74, 6) is 0.668. The van der Waals surface area contributed by atoms with E-state index in [-0.39, 0.29) is 23.3 Å². The fourth-order valence-corrected chi connectivity index (χ4v) is 4.31. The minimum Gasteiger partial charge on any atom is -0.356 e. The number of rotatable bonds is 3. The van der Waals surface area contributed by atoms with Gasteiger partial charge in [-0.2, -0.15) is 5.26 Å². The minimum absolute atomic E-state index is 0.224. The van der Waals surface area contributed by atoms with Crippen LogP contribution in [0.4, 0.5) is 5.82 Å². The number of pyridine rings is 1. The summed E-state index contributed by atoms with van der Waals surface area (Å²) < 4.78 is 2.66. The van der Waals surface area contributed by atoms with Gasteiger partial charge in [-0.3, -0.25) is 13.9 Å². The number of nitriles is 1. The molecule has 1 unspecified atom stereocenters. The topological polar surface area (TPSA) is 95.9 Å². The number of hydrogen-bond acceptors (Lipinski definition) is 6. The molecule has 0 bridgehead atoms. The molecule has 0 radical (unpaired) electrons. The molecule has 8 heteroatoms. The summed E-state index contributed by atoms with van der Waals surface area (Å²) in [6.45, 7) is 1.54. The van der Waals surface area contributed by atoms with E-state index in [0.29, 0.717) is 11.5 Å². The third-order valence-electron chi connectivity index (χ3n) is 5.86. The first-order chi connectivity index (χ1) is 13.5. The molecule has 1 fully saturated rings. The Morgan fingerprint density at radius 2 is 2.04 bits per heavy atom. The van der Waals surface area contributed by atoms with Crippen LogP contribution in [0, 0.1) is 11.3 Å². The lowest BCUT2D eigenvalue weighted by Crippen LogP contribution is -2.41. The van der Waals surface area contributed by atoms with Gasteiger partial charge in [-0.1, -0.05) is 6.07 Å². The van der Waals surface area contributed by atoms with Gasteiger partial charge in [0.15, 0.2) is 0 Å². The molecule has 2 aromatic rings. The Morgan fingerprint density at radius 1 is 1.21 bits per heavy atom. The number of nitrogens with one attached hydrogen (secondary N) is 1. The van der Waals surface area contributed by atoms with Crippen LogP contribution in [0.25, 0.3) is 0 Å². The lowest BCUT2D eigenvalue weighted by molar-refractivity contribution is 0.406. The third-order valence-corrected chi connectivity index (χ3v) is 5.86. The van der Waals surface area contributed by atoms with Gasteiger partial charge in [-0.25, -0.2) is 9.78 Å². The molecule has 28 heavy (non-hydrogen) atoms. The first-order valence-corrected chi connectivity index (χ1v) is 9.66. The average molecular weight is 380 g/mol. The van der Waals surface area contributed by atoms with E-state index in [1.807, 2.05) is 6.07 Å². The van der Waals surface area contributed by atoms with Crippen LogP contribution in [-0.2, 0) is 20.5 Å². The number of aryl methyl sites for hydroxylation is 1. The second-order valence-corrected chi connectivity index (χ2v) is 7.63. The summed E-state index contributed by atoms with van der Waals surface area (Å²) in [5.41, 5.74) is 2.09. The quantitative estimate of drug-likeness (QED) is 0.838. The van der Waals surface area contributed by atoms with Crippen LogP contribution >= 0.6 is 0 Å². The molecule has 0 amide bonds. The van der Waals surface area contributed by atoms with Crippen LogP contribution in [0.15, 0.2) is 27.8 Å². The van der Waals surface area contributed by atoms with E-state index < -0.39 is 0 Å². The Morgan fingerprint density at radius 3 is 2.82 bits per heavy atom. The molecule has 146 valence electrons. The Hall–Kier alpha value is -2.92. The summed E-state index contributed by atoms with van der Waals surface area (Å²) in [4.78, 5) is 30.8. The van der Waals surface area contributed by atoms with Gasteiger partial charge in [0.1, 0.15) is 17.6 Å². The second kappa shape index (κ2) is 7.24. The van der Waals surface area contributed by atoms with Gasteiger partial charge >= 0.3 is 5.69 Å². The van der Waals surface area contributed by atoms with Crippen molar-refractivity contribution in [3.63, 3.8) is 0 Å². The van der Waals surface area contributed by atoms with Crippen molar-refractivity contribution >= 4 is 5.82 Å². The predicted molar refractivity (Wildman–Crippen MR) is 105 cm³/mol. The van der Waals surface area contributed by atoms with Crippen molar-refractivity contribution in [2.75, 3.05) is 18.0 Å². The fraction of sp³-hybridized carbons (Fsp3) is 0.500. The van der Waals surface area contributed by atoms with Crippen molar-refractivity contribution < 1.29 is 0 Å². The summed E-state index contributed by atoms with van der Waals surface area (Å²) in [6.07, 6.45) is 3.95. The maximum atomic E-state index is 12.2. The smallest absolute Gasteiger partial charge is 0.332 e. The highest BCUT2D eigenvalue weighted by molar-refractivity contribution is 5.40. The summed E-state index contributed by atoms with van der Waals surface area (Å²) in [5, 5.41) is 12.8. The van der Waals surface area contributed by atoms with Gasteiger partial charge in [0.05, 0.1) is 0 Å². The van der Waals surface area contributed by atoms with Crippen molar-refractivity contribution in [3.05, 3.63) is 56.0 Å². The molecule has 1 aliphatic carbocycles. The number of nitrogens with zero attached hydrogens (tertiary/aromatic N) is 5. The maximum Gasteiger partial charge on any atom is 0.332 e. The molecule has 2 aromatic heterocycles. The van der Waals surface area contributed by atoms with Crippen molar-refractivity contribution in [3.8, 4) is 6.07 Å². The van der Waals surface area contributed by atoms with Crippen LogP contribution in [0.1, 0.15) is 42.3 Å². The van der Waals surface area contributed by atoms with E-state index in [0.717, 1.165) is 49.0 Å². The van der Waals surface area contributed by atoms with E-state index in [1.54, 1.807) is 13.1 Å². The number of anilines is 1. The van der Waals surface area contributed by atoms with Crippen LogP contribution in [0.2, 0.25) is 0 Å². The normalized spacial score (nSPS) is 21.4. The highest BCUT2D eigenvalue weighted by Crippen LogP contribution is 2.30. The van der Waals surface area contributed by atoms with Gasteiger partial charge < -0.3 is 10.2 Å². The molecule has 0 aromatic carbocycles. The SMILES string of the molecule is Cn1c(N2CC[C@H](NC3CCCc4nc(C#N)ccc43)C2)cc(=O)n(C)c1=O. The van der Waals surface area contributed by atoms with E-state index in [4.69, 9.17) is 5.26 Å². The summed E-state index contributed by atoms with van der Waals surface area (Å²) in [6, 6.07) is 7.95. The Labute approximate surface area is 163 Å². The number of hydrogen-bond donors (Lipinski definition) is 1. The molecule has 1 aliphatic heterocycles. The Kier molecular flexibility index (Phi) is 4.77. The molecule has 1 saturated heterocycles. The van der Waals surface area contributed by atoms with E-state index in [9.17, 15) is 9.59 Å². The molecule has 3 heterocycles. The van der Waals surface area contributed by atoms with Crippen LogP contribution in [0.3, 0.4) is 0 Å². The first-order valence-electron chi connectivity index (χ1n) is 9.66. The second-order valence-electron chi connectivity index (χ2n) is 7.63. The van der Waals surface area contributed by atoms with Crippen molar-refractivity contribution in [1.29, 1.82) is 5.26 Å². The van der Waals surface area contributed by atoms with Crippen LogP contribution < -0.4 is 21.5 Å². The minimum atomic E-state index is -0.306. The molecule has 4 rings (SSSR count). The van der Waals surface area contributed by atoms with E-state index >= 15 is 0 Å². The van der Waals surface area contributed by atoms with Gasteiger partial charge in [0, 0.05) is 51.0 Å². The monoisotopic (exact) mass is 380 g/mol. The zero-order chi connectivity index (χ0) is 19.8. The molecule has 1 N–H and O–H groups in total. The third kappa shape index (κ3) is 3.22. The predicted octanol–water partition coefficient (Wildman–Crippen LogP) is 0.597. The van der Waals surface area contributed by atoms with Gasteiger partial charge in [0.2, 0.25) is 0 Å². The van der Waals surface area contributed by atoms with E-state index in [2.05, 4.69) is 21.3 Å². The molecule has 0 spiro atoms. The van der Waals surface area contributed by atoms with Crippen molar-refractivity contribution in [2.24, 2.45) is 14.1 Å². The Balaban J connectivity index is 1.51. The maximum absolute atomic E-state index is 12.2. The van der Waals surface area contributed by atoms with Crippen LogP contribution in [0.5, 0.6) is 0 Å². The largest absolute Gasteiger partial charge is 0.356 e. The highest BCUT2D eigenvalue weighted by Gasteiger charge is 2.29. The molecule has 8 nitrogen and oxygen atoms in total. The molecule has 0 saturated carbocycles. The van der Waals surface area contributed by atoms with Gasteiger partial charge in [-0.05, 0) is 37.3 Å². The molecular weight excluding hydrogens is 356 g/mol. The zero-order valence-corrected chi connectivity index (χ0v) is 16.2. The summed E-state index contributed by atoms with van der Waals surface area (Å²) >= 11 is 0. The number of aromatic nitrogens is 3. The van der Waals surface area contributed by atoms with Crippen molar-refractivity contribution in [1.82, 2.24) is 19.4 Å². The molecule has 2 atom stereocenters. The van der Waals surface area contributed by atoms with Crippen LogP contribution in [-0.4, -0.2) is 33.2 Å². The first kappa shape index (κ1) is 18.4. The Bertz CT molecular complexity index is 1060. The molecular formula is C20H24N6O2. The number of fused-ring (bicyclic) bond motifs is 1. The van der Waals surface area contributed by atoms with Crippen molar-refractivity contribution in [2.45, 2.75) is 37.8 Å². The van der Waals surface area contributed by atoms with Gasteiger partial charge in [0.25, 0.3) is 5.56 Å². The molecule has 2 aliphatic rings. The highest BCUT2D eigenvalue weighted by atomic mass is 16.2.